The van der Waals surface area contributed by atoms with Crippen molar-refractivity contribution >= 4 is 0 Å². The molecule has 0 heterocycles. The molecule has 3 nitrogen and oxygen atoms in total. The highest BCUT2D eigenvalue weighted by Crippen LogP contribution is 2.35. The first-order valence-electron chi connectivity index (χ1n) is 4.34. The first kappa shape index (κ1) is 10.4. The number of aromatic hydroxyl groups is 1. The standard InChI is InChI=1S/C11H13NO2/c1-7-6-9(4-5-12)8(2)11(14-3)10(7)13/h6,13H,4H2,1-3H3. The van der Waals surface area contributed by atoms with Gasteiger partial charge in [-0.25, -0.2) is 0 Å². The van der Waals surface area contributed by atoms with Crippen LogP contribution in [0.2, 0.25) is 0 Å². The Morgan fingerprint density at radius 2 is 2.14 bits per heavy atom. The summed E-state index contributed by atoms with van der Waals surface area (Å²) in [5.74, 6) is 0.627. The summed E-state index contributed by atoms with van der Waals surface area (Å²) in [4.78, 5) is 0. The minimum absolute atomic E-state index is 0.159. The molecular weight excluding hydrogens is 178 g/mol. The first-order valence-corrected chi connectivity index (χ1v) is 4.34. The Bertz CT molecular complexity index is 391. The zero-order valence-electron chi connectivity index (χ0n) is 8.59. The van der Waals surface area contributed by atoms with Gasteiger partial charge in [-0.3, -0.25) is 0 Å². The van der Waals surface area contributed by atoms with Crippen LogP contribution in [0.3, 0.4) is 0 Å². The van der Waals surface area contributed by atoms with Crippen molar-refractivity contribution < 1.29 is 9.84 Å². The number of hydrogen-bond donors (Lipinski definition) is 1. The molecule has 0 unspecified atom stereocenters. The molecule has 14 heavy (non-hydrogen) atoms. The van der Waals surface area contributed by atoms with Gasteiger partial charge in [0.15, 0.2) is 11.5 Å². The summed E-state index contributed by atoms with van der Waals surface area (Å²) in [6, 6.07) is 3.90. The molecule has 1 aromatic rings. The number of nitrogens with zero attached hydrogens (tertiary/aromatic N) is 1. The minimum atomic E-state index is 0.159. The van der Waals surface area contributed by atoms with Gasteiger partial charge in [0.05, 0.1) is 19.6 Å². The molecule has 0 fully saturated rings. The molecule has 0 atom stereocenters. The number of aryl methyl sites for hydroxylation is 1. The molecule has 1 N–H and O–H groups in total. The first-order chi connectivity index (χ1) is 6.61. The maximum Gasteiger partial charge on any atom is 0.163 e. The predicted octanol–water partition coefficient (Wildman–Crippen LogP) is 2.08. The van der Waals surface area contributed by atoms with Crippen LogP contribution in [-0.4, -0.2) is 12.2 Å². The lowest BCUT2D eigenvalue weighted by Gasteiger charge is -2.12. The van der Waals surface area contributed by atoms with E-state index in [0.717, 1.165) is 16.7 Å². The smallest absolute Gasteiger partial charge is 0.163 e. The van der Waals surface area contributed by atoms with Crippen LogP contribution >= 0.6 is 0 Å². The Morgan fingerprint density at radius 1 is 1.50 bits per heavy atom. The second-order valence-corrected chi connectivity index (χ2v) is 3.19. The Kier molecular flexibility index (Phi) is 2.98. The van der Waals surface area contributed by atoms with Gasteiger partial charge in [0, 0.05) is 0 Å². The summed E-state index contributed by atoms with van der Waals surface area (Å²) in [6.45, 7) is 3.63. The van der Waals surface area contributed by atoms with E-state index in [4.69, 9.17) is 10.00 Å². The van der Waals surface area contributed by atoms with E-state index in [1.165, 1.54) is 7.11 Å². The van der Waals surface area contributed by atoms with E-state index in [0.29, 0.717) is 12.2 Å². The lowest BCUT2D eigenvalue weighted by molar-refractivity contribution is 0.368. The summed E-state index contributed by atoms with van der Waals surface area (Å²) < 4.78 is 5.08. The monoisotopic (exact) mass is 191 g/mol. The van der Waals surface area contributed by atoms with Gasteiger partial charge in [0.25, 0.3) is 0 Å². The van der Waals surface area contributed by atoms with Crippen molar-refractivity contribution in [3.63, 3.8) is 0 Å². The van der Waals surface area contributed by atoms with Crippen molar-refractivity contribution in [2.24, 2.45) is 0 Å². The van der Waals surface area contributed by atoms with Gasteiger partial charge in [0.1, 0.15) is 0 Å². The summed E-state index contributed by atoms with van der Waals surface area (Å²) in [6.07, 6.45) is 0.337. The predicted molar refractivity (Wildman–Crippen MR) is 53.4 cm³/mol. The lowest BCUT2D eigenvalue weighted by Crippen LogP contribution is -1.95. The molecule has 0 aliphatic heterocycles. The number of rotatable bonds is 2. The van der Waals surface area contributed by atoms with Crippen LogP contribution in [-0.2, 0) is 6.42 Å². The van der Waals surface area contributed by atoms with Gasteiger partial charge in [-0.1, -0.05) is 6.07 Å². The van der Waals surface area contributed by atoms with Crippen LogP contribution in [0.15, 0.2) is 6.07 Å². The molecule has 1 rings (SSSR count). The maximum atomic E-state index is 9.66. The summed E-state index contributed by atoms with van der Waals surface area (Å²) >= 11 is 0. The van der Waals surface area contributed by atoms with E-state index >= 15 is 0 Å². The Balaban J connectivity index is 3.36. The molecular formula is C11H13NO2. The van der Waals surface area contributed by atoms with Crippen LogP contribution in [0, 0.1) is 25.2 Å². The van der Waals surface area contributed by atoms with Gasteiger partial charge < -0.3 is 9.84 Å². The summed E-state index contributed by atoms with van der Waals surface area (Å²) in [7, 11) is 1.51. The number of phenolic OH excluding ortho intramolecular Hbond substituents is 1. The van der Waals surface area contributed by atoms with Crippen LogP contribution in [0.5, 0.6) is 11.5 Å². The minimum Gasteiger partial charge on any atom is -0.504 e. The SMILES string of the molecule is COc1c(C)c(CC#N)cc(C)c1O. The number of benzene rings is 1. The van der Waals surface area contributed by atoms with E-state index < -0.39 is 0 Å². The van der Waals surface area contributed by atoms with Gasteiger partial charge in [-0.05, 0) is 30.5 Å². The Labute approximate surface area is 83.6 Å². The molecule has 0 radical (unpaired) electrons. The van der Waals surface area contributed by atoms with Gasteiger partial charge in [-0.2, -0.15) is 5.26 Å². The molecule has 0 amide bonds. The van der Waals surface area contributed by atoms with Crippen molar-refractivity contribution in [1.29, 1.82) is 5.26 Å². The van der Waals surface area contributed by atoms with Crippen molar-refractivity contribution in [2.45, 2.75) is 20.3 Å². The second kappa shape index (κ2) is 4.01. The van der Waals surface area contributed by atoms with Crippen molar-refractivity contribution in [2.75, 3.05) is 7.11 Å². The lowest BCUT2D eigenvalue weighted by atomic mass is 10.0. The molecule has 0 aromatic heterocycles. The number of phenols is 1. The molecule has 0 aliphatic carbocycles. The third kappa shape index (κ3) is 1.64. The van der Waals surface area contributed by atoms with E-state index in [-0.39, 0.29) is 5.75 Å². The van der Waals surface area contributed by atoms with Crippen molar-refractivity contribution in [1.82, 2.24) is 0 Å². The molecule has 0 saturated carbocycles. The highest BCUT2D eigenvalue weighted by atomic mass is 16.5. The highest BCUT2D eigenvalue weighted by molar-refractivity contribution is 5.54. The summed E-state index contributed by atoms with van der Waals surface area (Å²) in [5, 5.41) is 18.3. The second-order valence-electron chi connectivity index (χ2n) is 3.19. The van der Waals surface area contributed by atoms with E-state index in [2.05, 4.69) is 6.07 Å². The van der Waals surface area contributed by atoms with Crippen molar-refractivity contribution in [3.8, 4) is 17.6 Å². The van der Waals surface area contributed by atoms with Crippen LogP contribution in [0.25, 0.3) is 0 Å². The normalized spacial score (nSPS) is 9.57. The molecule has 1 aromatic carbocycles. The average molecular weight is 191 g/mol. The zero-order chi connectivity index (χ0) is 10.7. The molecule has 3 heteroatoms. The Morgan fingerprint density at radius 3 is 2.64 bits per heavy atom. The van der Waals surface area contributed by atoms with Crippen LogP contribution < -0.4 is 4.74 Å². The topological polar surface area (TPSA) is 53.2 Å². The zero-order valence-corrected chi connectivity index (χ0v) is 8.59. The number of hydrogen-bond acceptors (Lipinski definition) is 3. The third-order valence-electron chi connectivity index (χ3n) is 2.28. The van der Waals surface area contributed by atoms with E-state index in [1.807, 2.05) is 13.0 Å². The average Bonchev–Trinajstić information content (AvgIpc) is 2.16. The molecule has 74 valence electrons. The van der Waals surface area contributed by atoms with Crippen molar-refractivity contribution in [3.05, 3.63) is 22.8 Å². The number of methoxy groups -OCH3 is 1. The number of nitriles is 1. The molecule has 0 spiro atoms. The number of ether oxygens (including phenoxy) is 1. The quantitative estimate of drug-likeness (QED) is 0.778. The van der Waals surface area contributed by atoms with E-state index in [9.17, 15) is 5.11 Å². The van der Waals surface area contributed by atoms with Gasteiger partial charge in [-0.15, -0.1) is 0 Å². The Hall–Kier alpha value is -1.69. The fourth-order valence-corrected chi connectivity index (χ4v) is 1.46. The largest absolute Gasteiger partial charge is 0.504 e. The fraction of sp³-hybridized carbons (Fsp3) is 0.364. The van der Waals surface area contributed by atoms with Gasteiger partial charge >= 0.3 is 0 Å². The van der Waals surface area contributed by atoms with Gasteiger partial charge in [0.2, 0.25) is 0 Å². The van der Waals surface area contributed by atoms with Crippen LogP contribution in [0.4, 0.5) is 0 Å². The highest BCUT2D eigenvalue weighted by Gasteiger charge is 2.12. The summed E-state index contributed by atoms with van der Waals surface area (Å²) in [5.41, 5.74) is 2.47. The fourth-order valence-electron chi connectivity index (χ4n) is 1.46. The molecule has 0 saturated heterocycles. The molecule has 0 bridgehead atoms. The molecule has 0 aliphatic rings. The van der Waals surface area contributed by atoms with E-state index in [1.54, 1.807) is 6.92 Å². The van der Waals surface area contributed by atoms with Crippen LogP contribution in [0.1, 0.15) is 16.7 Å². The maximum absolute atomic E-state index is 9.66. The third-order valence-corrected chi connectivity index (χ3v) is 2.28.